The van der Waals surface area contributed by atoms with Gasteiger partial charge in [-0.05, 0) is 40.9 Å². The van der Waals surface area contributed by atoms with Crippen LogP contribution in [0.15, 0.2) is 22.7 Å². The summed E-state index contributed by atoms with van der Waals surface area (Å²) < 4.78 is 5.06. The molecule has 2 N–H and O–H groups in total. The third kappa shape index (κ3) is 4.86. The van der Waals surface area contributed by atoms with Gasteiger partial charge in [0.1, 0.15) is 6.04 Å². The molecule has 0 heterocycles. The Morgan fingerprint density at radius 3 is 2.62 bits per heavy atom. The van der Waals surface area contributed by atoms with Crippen LogP contribution in [0.2, 0.25) is 0 Å². The molecule has 1 aromatic carbocycles. The highest BCUT2D eigenvalue weighted by Crippen LogP contribution is 2.21. The lowest BCUT2D eigenvalue weighted by Gasteiger charge is -2.15. The van der Waals surface area contributed by atoms with Crippen molar-refractivity contribution < 1.29 is 24.2 Å². The fourth-order valence-corrected chi connectivity index (χ4v) is 2.12. The maximum atomic E-state index is 12.1. The summed E-state index contributed by atoms with van der Waals surface area (Å²) >= 11 is 3.30. The number of methoxy groups -OCH3 is 1. The number of carboxylic acid groups (broad SMARTS) is 1. The molecule has 1 amide bonds. The fourth-order valence-electron chi connectivity index (χ4n) is 1.68. The number of carbonyl (C=O) groups excluding carboxylic acids is 2. The molecule has 1 unspecified atom stereocenters. The number of hydrogen-bond donors (Lipinski definition) is 2. The van der Waals surface area contributed by atoms with Gasteiger partial charge in [-0.3, -0.25) is 9.59 Å². The Morgan fingerprint density at radius 2 is 2.05 bits per heavy atom. The average Bonchev–Trinajstić information content (AvgIpc) is 2.45. The number of carbonyl (C=O) groups is 3. The minimum Gasteiger partial charge on any atom is -0.480 e. The molecule has 0 aliphatic carbocycles. The first-order chi connectivity index (χ1) is 9.86. The van der Waals surface area contributed by atoms with Crippen molar-refractivity contribution in [3.05, 3.63) is 33.8 Å². The molecule has 7 heteroatoms. The van der Waals surface area contributed by atoms with E-state index in [0.717, 1.165) is 5.56 Å². The SMILES string of the molecule is COC(=O)CCC(NC(=O)c1cccc(C)c1Br)C(=O)O. The van der Waals surface area contributed by atoms with Gasteiger partial charge >= 0.3 is 11.9 Å². The number of aryl methyl sites for hydroxylation is 1. The second-order valence-electron chi connectivity index (χ2n) is 4.42. The Balaban J connectivity index is 2.79. The second kappa shape index (κ2) is 7.78. The van der Waals surface area contributed by atoms with E-state index in [-0.39, 0.29) is 12.8 Å². The van der Waals surface area contributed by atoms with E-state index in [9.17, 15) is 14.4 Å². The lowest BCUT2D eigenvalue weighted by molar-refractivity contribution is -0.142. The molecule has 0 fully saturated rings. The van der Waals surface area contributed by atoms with E-state index in [0.29, 0.717) is 10.0 Å². The quantitative estimate of drug-likeness (QED) is 0.758. The molecule has 1 aromatic rings. The summed E-state index contributed by atoms with van der Waals surface area (Å²) in [4.78, 5) is 34.3. The Kier molecular flexibility index (Phi) is 6.36. The topological polar surface area (TPSA) is 92.7 Å². The van der Waals surface area contributed by atoms with Gasteiger partial charge in [0.05, 0.1) is 12.7 Å². The minimum absolute atomic E-state index is 0.0306. The first kappa shape index (κ1) is 17.2. The third-order valence-electron chi connectivity index (χ3n) is 2.90. The number of rotatable bonds is 6. The summed E-state index contributed by atoms with van der Waals surface area (Å²) in [6, 6.07) is 3.97. The number of aliphatic carboxylic acids is 1. The minimum atomic E-state index is -1.20. The largest absolute Gasteiger partial charge is 0.480 e. The zero-order chi connectivity index (χ0) is 16.0. The van der Waals surface area contributed by atoms with Crippen molar-refractivity contribution in [3.8, 4) is 0 Å². The van der Waals surface area contributed by atoms with Crippen LogP contribution in [0.4, 0.5) is 0 Å². The van der Waals surface area contributed by atoms with Gasteiger partial charge in [0, 0.05) is 10.9 Å². The maximum Gasteiger partial charge on any atom is 0.326 e. The van der Waals surface area contributed by atoms with E-state index in [1.165, 1.54) is 7.11 Å². The van der Waals surface area contributed by atoms with Crippen LogP contribution in [0.3, 0.4) is 0 Å². The monoisotopic (exact) mass is 357 g/mol. The first-order valence-electron chi connectivity index (χ1n) is 6.22. The molecule has 21 heavy (non-hydrogen) atoms. The van der Waals surface area contributed by atoms with E-state index in [2.05, 4.69) is 26.0 Å². The highest BCUT2D eigenvalue weighted by atomic mass is 79.9. The molecule has 0 radical (unpaired) electrons. The lowest BCUT2D eigenvalue weighted by atomic mass is 10.1. The molecule has 114 valence electrons. The van der Waals surface area contributed by atoms with Gasteiger partial charge < -0.3 is 15.2 Å². The molecule has 0 aliphatic heterocycles. The molecule has 0 spiro atoms. The summed E-state index contributed by atoms with van der Waals surface area (Å²) in [6.07, 6.45) is -0.111. The number of esters is 1. The Morgan fingerprint density at radius 1 is 1.38 bits per heavy atom. The van der Waals surface area contributed by atoms with Crippen molar-refractivity contribution in [3.63, 3.8) is 0 Å². The van der Waals surface area contributed by atoms with Gasteiger partial charge in [-0.2, -0.15) is 0 Å². The average molecular weight is 358 g/mol. The second-order valence-corrected chi connectivity index (χ2v) is 5.21. The van der Waals surface area contributed by atoms with Gasteiger partial charge in [-0.25, -0.2) is 4.79 Å². The molecule has 6 nitrogen and oxygen atoms in total. The highest BCUT2D eigenvalue weighted by molar-refractivity contribution is 9.10. The Bertz CT molecular complexity index is 558. The zero-order valence-electron chi connectivity index (χ0n) is 11.7. The van der Waals surface area contributed by atoms with Crippen LogP contribution in [-0.4, -0.2) is 36.1 Å². The van der Waals surface area contributed by atoms with Crippen LogP contribution in [0.1, 0.15) is 28.8 Å². The number of amides is 1. The molecule has 0 aromatic heterocycles. The van der Waals surface area contributed by atoms with Crippen molar-refractivity contribution in [2.24, 2.45) is 0 Å². The Labute approximate surface area is 130 Å². The third-order valence-corrected chi connectivity index (χ3v) is 3.96. The number of ether oxygens (including phenoxy) is 1. The van der Waals surface area contributed by atoms with Gasteiger partial charge in [0.2, 0.25) is 0 Å². The standard InChI is InChI=1S/C14H16BrNO5/c1-8-4-3-5-9(12(8)15)13(18)16-10(14(19)20)6-7-11(17)21-2/h3-5,10H,6-7H2,1-2H3,(H,16,18)(H,19,20). The van der Waals surface area contributed by atoms with E-state index in [1.807, 2.05) is 13.0 Å². The zero-order valence-corrected chi connectivity index (χ0v) is 13.3. The molecule has 1 atom stereocenters. The fraction of sp³-hybridized carbons (Fsp3) is 0.357. The number of nitrogens with one attached hydrogen (secondary N) is 1. The number of hydrogen-bond acceptors (Lipinski definition) is 4. The molecule has 0 aliphatic rings. The number of halogens is 1. The van der Waals surface area contributed by atoms with Crippen molar-refractivity contribution in [2.75, 3.05) is 7.11 Å². The van der Waals surface area contributed by atoms with E-state index in [4.69, 9.17) is 5.11 Å². The summed E-state index contributed by atoms with van der Waals surface area (Å²) in [7, 11) is 1.22. The van der Waals surface area contributed by atoms with Crippen molar-refractivity contribution in [2.45, 2.75) is 25.8 Å². The first-order valence-corrected chi connectivity index (χ1v) is 7.01. The van der Waals surface area contributed by atoms with Crippen LogP contribution < -0.4 is 5.32 Å². The van der Waals surface area contributed by atoms with Crippen molar-refractivity contribution in [1.29, 1.82) is 0 Å². The predicted octanol–water partition coefficient (Wildman–Crippen LogP) is 1.89. The van der Waals surface area contributed by atoms with Gasteiger partial charge in [-0.15, -0.1) is 0 Å². The van der Waals surface area contributed by atoms with E-state index < -0.39 is 23.9 Å². The molecule has 0 saturated heterocycles. The summed E-state index contributed by atoms with van der Waals surface area (Å²) in [5.74, 6) is -2.23. The van der Waals surface area contributed by atoms with E-state index >= 15 is 0 Å². The van der Waals surface area contributed by atoms with Crippen LogP contribution in [0.5, 0.6) is 0 Å². The summed E-state index contributed by atoms with van der Waals surface area (Å²) in [5.41, 5.74) is 1.21. The summed E-state index contributed by atoms with van der Waals surface area (Å²) in [6.45, 7) is 1.83. The predicted molar refractivity (Wildman–Crippen MR) is 79.0 cm³/mol. The van der Waals surface area contributed by atoms with Crippen molar-refractivity contribution in [1.82, 2.24) is 5.32 Å². The van der Waals surface area contributed by atoms with Gasteiger partial charge in [0.15, 0.2) is 0 Å². The van der Waals surface area contributed by atoms with Crippen LogP contribution in [0.25, 0.3) is 0 Å². The molecule has 0 bridgehead atoms. The van der Waals surface area contributed by atoms with E-state index in [1.54, 1.807) is 12.1 Å². The smallest absolute Gasteiger partial charge is 0.326 e. The van der Waals surface area contributed by atoms with Crippen molar-refractivity contribution >= 4 is 33.8 Å². The Hall–Kier alpha value is -1.89. The summed E-state index contributed by atoms with van der Waals surface area (Å²) in [5, 5.41) is 11.5. The molecular formula is C14H16BrNO5. The molecular weight excluding hydrogens is 342 g/mol. The molecule has 0 saturated carbocycles. The van der Waals surface area contributed by atoms with Crippen LogP contribution in [-0.2, 0) is 14.3 Å². The lowest BCUT2D eigenvalue weighted by Crippen LogP contribution is -2.41. The van der Waals surface area contributed by atoms with Crippen LogP contribution >= 0.6 is 15.9 Å². The van der Waals surface area contributed by atoms with Gasteiger partial charge in [0.25, 0.3) is 5.91 Å². The number of carboxylic acids is 1. The highest BCUT2D eigenvalue weighted by Gasteiger charge is 2.23. The van der Waals surface area contributed by atoms with Gasteiger partial charge in [-0.1, -0.05) is 12.1 Å². The normalized spacial score (nSPS) is 11.6. The van der Waals surface area contributed by atoms with Crippen LogP contribution in [0, 0.1) is 6.92 Å². The molecule has 1 rings (SSSR count). The maximum absolute atomic E-state index is 12.1. The number of benzene rings is 1.